The molecule has 0 aliphatic heterocycles. The van der Waals surface area contributed by atoms with Gasteiger partial charge in [-0.25, -0.2) is 4.79 Å². The first-order valence-corrected chi connectivity index (χ1v) is 7.64. The highest BCUT2D eigenvalue weighted by Crippen LogP contribution is 2.30. The van der Waals surface area contributed by atoms with E-state index in [1.165, 1.54) is 19.2 Å². The Morgan fingerprint density at radius 3 is 2.64 bits per heavy atom. The van der Waals surface area contributed by atoms with Crippen molar-refractivity contribution in [3.63, 3.8) is 0 Å². The quantitative estimate of drug-likeness (QED) is 0.803. The lowest BCUT2D eigenvalue weighted by atomic mass is 9.97. The van der Waals surface area contributed by atoms with E-state index in [0.717, 1.165) is 5.56 Å². The average Bonchev–Trinajstić information content (AvgIpc) is 2.60. The molecule has 2 N–H and O–H groups in total. The van der Waals surface area contributed by atoms with E-state index < -0.39 is 12.1 Å². The number of hydrogen-bond donors (Lipinski definition) is 2. The van der Waals surface area contributed by atoms with Gasteiger partial charge in [0.05, 0.1) is 30.4 Å². The highest BCUT2D eigenvalue weighted by molar-refractivity contribution is 5.90. The van der Waals surface area contributed by atoms with E-state index in [0.29, 0.717) is 16.7 Å². The zero-order chi connectivity index (χ0) is 18.4. The van der Waals surface area contributed by atoms with Gasteiger partial charge in [0.25, 0.3) is 0 Å². The molecule has 6 nitrogen and oxygen atoms in total. The minimum Gasteiger partial charge on any atom is -0.486 e. The third kappa shape index (κ3) is 4.57. The molecule has 0 heterocycles. The molecule has 6 heteroatoms. The van der Waals surface area contributed by atoms with Crippen LogP contribution in [0.3, 0.4) is 0 Å². The summed E-state index contributed by atoms with van der Waals surface area (Å²) in [5.41, 5.74) is 2.59. The Morgan fingerprint density at radius 2 is 2.04 bits per heavy atom. The number of hydrogen-bond acceptors (Lipinski definition) is 5. The summed E-state index contributed by atoms with van der Waals surface area (Å²) in [6, 6.07) is 12.0. The van der Waals surface area contributed by atoms with Crippen molar-refractivity contribution < 1.29 is 24.5 Å². The number of nitriles is 1. The molecule has 0 saturated heterocycles. The molecule has 0 fully saturated rings. The first-order chi connectivity index (χ1) is 12.0. The fourth-order valence-electron chi connectivity index (χ4n) is 2.45. The first kappa shape index (κ1) is 18.5. The zero-order valence-corrected chi connectivity index (χ0v) is 14.0. The van der Waals surface area contributed by atoms with Crippen LogP contribution in [0.5, 0.6) is 5.75 Å². The van der Waals surface area contributed by atoms with Crippen LogP contribution in [0, 0.1) is 18.3 Å². The lowest BCUT2D eigenvalue weighted by molar-refractivity contribution is 0.0412. The molecule has 0 aromatic heterocycles. The van der Waals surface area contributed by atoms with Gasteiger partial charge < -0.3 is 19.7 Å². The number of carboxylic acids is 1. The first-order valence-electron chi connectivity index (χ1n) is 7.64. The second-order valence-electron chi connectivity index (χ2n) is 5.59. The third-order valence-electron chi connectivity index (χ3n) is 3.62. The third-order valence-corrected chi connectivity index (χ3v) is 3.62. The summed E-state index contributed by atoms with van der Waals surface area (Å²) in [7, 11) is 1.48. The van der Waals surface area contributed by atoms with Crippen molar-refractivity contribution in [3.05, 3.63) is 53.1 Å². The second kappa shape index (κ2) is 8.29. The summed E-state index contributed by atoms with van der Waals surface area (Å²) in [5.74, 6) is -0.819. The van der Waals surface area contributed by atoms with Crippen LogP contribution in [0.25, 0.3) is 11.1 Å². The van der Waals surface area contributed by atoms with E-state index in [4.69, 9.17) is 9.47 Å². The molecule has 0 saturated carbocycles. The molecule has 2 aromatic rings. The minimum atomic E-state index is -1.11. The van der Waals surface area contributed by atoms with Crippen LogP contribution < -0.4 is 4.74 Å². The number of nitrogens with zero attached hydrogens (tertiary/aromatic N) is 1. The predicted molar refractivity (Wildman–Crippen MR) is 91.7 cm³/mol. The number of methoxy groups -OCH3 is 1. The molecule has 0 aliphatic carbocycles. The lowest BCUT2D eigenvalue weighted by Gasteiger charge is -2.17. The SMILES string of the molecule is COCC(CO)Oc1cc(C(=O)O)cc(-c2ccc(C)cc2C#N)c1. The number of rotatable bonds is 7. The van der Waals surface area contributed by atoms with Gasteiger partial charge in [0.1, 0.15) is 11.9 Å². The van der Waals surface area contributed by atoms with E-state index in [1.54, 1.807) is 18.2 Å². The summed E-state index contributed by atoms with van der Waals surface area (Å²) in [6.07, 6.45) is -0.615. The van der Waals surface area contributed by atoms with E-state index >= 15 is 0 Å². The molecule has 0 amide bonds. The molecule has 25 heavy (non-hydrogen) atoms. The standard InChI is InChI=1S/C19H19NO5/c1-12-3-4-18(15(5-12)9-20)13-6-14(19(22)23)8-16(7-13)25-17(10-21)11-24-2/h3-8,17,21H,10-11H2,1-2H3,(H,22,23). The minimum absolute atomic E-state index is 0.0334. The molecule has 0 radical (unpaired) electrons. The number of aromatic carboxylic acids is 1. The Hall–Kier alpha value is -2.88. The van der Waals surface area contributed by atoms with Gasteiger partial charge in [-0.3, -0.25) is 0 Å². The summed E-state index contributed by atoms with van der Waals surface area (Å²) in [4.78, 5) is 11.4. The van der Waals surface area contributed by atoms with Crippen LogP contribution in [0.4, 0.5) is 0 Å². The fraction of sp³-hybridized carbons (Fsp3) is 0.263. The topological polar surface area (TPSA) is 99.8 Å². The Morgan fingerprint density at radius 1 is 1.28 bits per heavy atom. The summed E-state index contributed by atoms with van der Waals surface area (Å²) >= 11 is 0. The molecular weight excluding hydrogens is 322 g/mol. The van der Waals surface area contributed by atoms with Crippen LogP contribution in [-0.4, -0.2) is 42.6 Å². The highest BCUT2D eigenvalue weighted by Gasteiger charge is 2.15. The number of aryl methyl sites for hydroxylation is 1. The molecule has 1 unspecified atom stereocenters. The predicted octanol–water partition coefficient (Wildman–Crippen LogP) is 2.62. The van der Waals surface area contributed by atoms with Gasteiger partial charge in [-0.2, -0.15) is 5.26 Å². The van der Waals surface area contributed by atoms with Gasteiger partial charge in [-0.05, 0) is 47.9 Å². The molecule has 2 aromatic carbocycles. The van der Waals surface area contributed by atoms with Gasteiger partial charge in [0.15, 0.2) is 0 Å². The largest absolute Gasteiger partial charge is 0.486 e. The molecule has 2 rings (SSSR count). The summed E-state index contributed by atoms with van der Waals surface area (Å²) in [6.45, 7) is 1.77. The number of carboxylic acid groups (broad SMARTS) is 1. The van der Waals surface area contributed by atoms with Crippen molar-refractivity contribution in [2.45, 2.75) is 13.0 Å². The molecular formula is C19H19NO5. The monoisotopic (exact) mass is 341 g/mol. The van der Waals surface area contributed by atoms with Crippen molar-refractivity contribution in [2.24, 2.45) is 0 Å². The maximum absolute atomic E-state index is 11.4. The lowest BCUT2D eigenvalue weighted by Crippen LogP contribution is -2.26. The Balaban J connectivity index is 2.52. The van der Waals surface area contributed by atoms with Crippen molar-refractivity contribution in [2.75, 3.05) is 20.3 Å². The Kier molecular flexibility index (Phi) is 6.12. The van der Waals surface area contributed by atoms with Crippen LogP contribution in [0.15, 0.2) is 36.4 Å². The van der Waals surface area contributed by atoms with Crippen molar-refractivity contribution in [1.29, 1.82) is 5.26 Å². The van der Waals surface area contributed by atoms with Gasteiger partial charge >= 0.3 is 5.97 Å². The van der Waals surface area contributed by atoms with Gasteiger partial charge in [0, 0.05) is 7.11 Å². The second-order valence-corrected chi connectivity index (χ2v) is 5.59. The number of carbonyl (C=O) groups is 1. The molecule has 130 valence electrons. The van der Waals surface area contributed by atoms with E-state index in [1.807, 2.05) is 13.0 Å². The van der Waals surface area contributed by atoms with Crippen molar-refractivity contribution in [3.8, 4) is 22.9 Å². The zero-order valence-electron chi connectivity index (χ0n) is 14.0. The molecule has 0 bridgehead atoms. The smallest absolute Gasteiger partial charge is 0.335 e. The van der Waals surface area contributed by atoms with Crippen molar-refractivity contribution in [1.82, 2.24) is 0 Å². The Labute approximate surface area is 145 Å². The van der Waals surface area contributed by atoms with Gasteiger partial charge in [-0.15, -0.1) is 0 Å². The summed E-state index contributed by atoms with van der Waals surface area (Å²) < 4.78 is 10.6. The fourth-order valence-corrected chi connectivity index (χ4v) is 2.45. The van der Waals surface area contributed by atoms with Crippen LogP contribution >= 0.6 is 0 Å². The van der Waals surface area contributed by atoms with Gasteiger partial charge in [0.2, 0.25) is 0 Å². The van der Waals surface area contributed by atoms with Crippen molar-refractivity contribution >= 4 is 5.97 Å². The van der Waals surface area contributed by atoms with Crippen LogP contribution in [0.2, 0.25) is 0 Å². The Bertz CT molecular complexity index is 810. The van der Waals surface area contributed by atoms with E-state index in [-0.39, 0.29) is 24.5 Å². The van der Waals surface area contributed by atoms with E-state index in [9.17, 15) is 20.3 Å². The number of aliphatic hydroxyl groups is 1. The molecule has 0 aliphatic rings. The molecule has 1 atom stereocenters. The van der Waals surface area contributed by atoms with Crippen LogP contribution in [-0.2, 0) is 4.74 Å². The maximum Gasteiger partial charge on any atom is 0.335 e. The number of ether oxygens (including phenoxy) is 2. The average molecular weight is 341 g/mol. The summed E-state index contributed by atoms with van der Waals surface area (Å²) in [5, 5.41) is 28.0. The maximum atomic E-state index is 11.4. The van der Waals surface area contributed by atoms with E-state index in [2.05, 4.69) is 6.07 Å². The van der Waals surface area contributed by atoms with Crippen LogP contribution in [0.1, 0.15) is 21.5 Å². The highest BCUT2D eigenvalue weighted by atomic mass is 16.5. The number of benzene rings is 2. The normalized spacial score (nSPS) is 11.6. The molecule has 0 spiro atoms. The van der Waals surface area contributed by atoms with Gasteiger partial charge in [-0.1, -0.05) is 12.1 Å². The number of aliphatic hydroxyl groups excluding tert-OH is 1.